The van der Waals surface area contributed by atoms with Gasteiger partial charge in [0, 0.05) is 0 Å². The summed E-state index contributed by atoms with van der Waals surface area (Å²) in [5, 5.41) is 0. The van der Waals surface area contributed by atoms with Crippen LogP contribution in [0.25, 0.3) is 0 Å². The van der Waals surface area contributed by atoms with Gasteiger partial charge >= 0.3 is 0 Å². The highest BCUT2D eigenvalue weighted by molar-refractivity contribution is 4.74. The molecule has 0 bridgehead atoms. The Morgan fingerprint density at radius 2 is 1.22 bits per heavy atom. The quantitative estimate of drug-likeness (QED) is 0.721. The van der Waals surface area contributed by atoms with Crippen LogP contribution >= 0.6 is 0 Å². The summed E-state index contributed by atoms with van der Waals surface area (Å²) < 4.78 is 22.5. The van der Waals surface area contributed by atoms with E-state index in [9.17, 15) is 0 Å². The molecular formula is C14H26O4. The molecule has 1 unspecified atom stereocenters. The lowest BCUT2D eigenvalue weighted by molar-refractivity contribution is -0.0889. The predicted molar refractivity (Wildman–Crippen MR) is 68.8 cm³/mol. The van der Waals surface area contributed by atoms with Gasteiger partial charge < -0.3 is 18.9 Å². The fraction of sp³-hybridized carbons (Fsp3) is 1.00. The number of rotatable bonds is 1. The Kier molecular flexibility index (Phi) is 7.01. The SMILES string of the molecule is C1CCC(C2COCCOCCOCCO2)CC1. The lowest BCUT2D eigenvalue weighted by Gasteiger charge is -2.30. The highest BCUT2D eigenvalue weighted by Crippen LogP contribution is 2.28. The Labute approximate surface area is 110 Å². The lowest BCUT2D eigenvalue weighted by Crippen LogP contribution is -2.32. The maximum atomic E-state index is 5.96. The van der Waals surface area contributed by atoms with Gasteiger partial charge in [0.15, 0.2) is 0 Å². The molecule has 4 heteroatoms. The van der Waals surface area contributed by atoms with Gasteiger partial charge in [-0.1, -0.05) is 19.3 Å². The fourth-order valence-corrected chi connectivity index (χ4v) is 2.72. The summed E-state index contributed by atoms with van der Waals surface area (Å²) in [6, 6.07) is 0. The van der Waals surface area contributed by atoms with Crippen LogP contribution in [0.1, 0.15) is 32.1 Å². The van der Waals surface area contributed by atoms with Gasteiger partial charge in [0.1, 0.15) is 0 Å². The molecule has 0 amide bonds. The Morgan fingerprint density at radius 1 is 0.611 bits per heavy atom. The molecule has 0 aromatic carbocycles. The van der Waals surface area contributed by atoms with Crippen LogP contribution < -0.4 is 0 Å². The van der Waals surface area contributed by atoms with Gasteiger partial charge in [-0.15, -0.1) is 0 Å². The molecule has 1 aliphatic carbocycles. The third-order valence-electron chi connectivity index (χ3n) is 3.76. The maximum Gasteiger partial charge on any atom is 0.0837 e. The molecule has 1 saturated heterocycles. The Hall–Kier alpha value is -0.160. The average Bonchev–Trinajstić information content (AvgIpc) is 2.40. The van der Waals surface area contributed by atoms with Gasteiger partial charge in [0.2, 0.25) is 0 Å². The highest BCUT2D eigenvalue weighted by atomic mass is 16.6. The Bertz CT molecular complexity index is 192. The van der Waals surface area contributed by atoms with E-state index in [0.717, 1.165) is 0 Å². The van der Waals surface area contributed by atoms with Crippen molar-refractivity contribution in [2.24, 2.45) is 5.92 Å². The molecule has 2 aliphatic rings. The summed E-state index contributed by atoms with van der Waals surface area (Å²) in [6.45, 7) is 4.64. The van der Waals surface area contributed by atoms with Crippen molar-refractivity contribution >= 4 is 0 Å². The van der Waals surface area contributed by atoms with Crippen LogP contribution in [-0.2, 0) is 18.9 Å². The number of ether oxygens (including phenoxy) is 4. The molecule has 1 saturated carbocycles. The zero-order chi connectivity index (χ0) is 12.5. The van der Waals surface area contributed by atoms with Crippen LogP contribution in [0.2, 0.25) is 0 Å². The molecule has 0 aromatic heterocycles. The molecule has 0 aromatic rings. The molecule has 0 spiro atoms. The van der Waals surface area contributed by atoms with Gasteiger partial charge in [-0.3, -0.25) is 0 Å². The normalized spacial score (nSPS) is 30.3. The first-order valence-electron chi connectivity index (χ1n) is 7.31. The molecule has 2 rings (SSSR count). The van der Waals surface area contributed by atoms with Crippen LogP contribution in [0, 0.1) is 5.92 Å². The molecule has 1 aliphatic heterocycles. The van der Waals surface area contributed by atoms with Gasteiger partial charge in [-0.25, -0.2) is 0 Å². The molecule has 1 atom stereocenters. The first kappa shape index (κ1) is 14.3. The van der Waals surface area contributed by atoms with Crippen LogP contribution in [0.4, 0.5) is 0 Å². The minimum Gasteiger partial charge on any atom is -0.377 e. The zero-order valence-corrected chi connectivity index (χ0v) is 11.3. The van der Waals surface area contributed by atoms with Crippen LogP contribution in [-0.4, -0.2) is 52.4 Å². The summed E-state index contributed by atoms with van der Waals surface area (Å²) in [5.41, 5.74) is 0. The summed E-state index contributed by atoms with van der Waals surface area (Å²) in [7, 11) is 0. The minimum absolute atomic E-state index is 0.244. The van der Waals surface area contributed by atoms with Gasteiger partial charge in [-0.2, -0.15) is 0 Å². The van der Waals surface area contributed by atoms with E-state index in [1.165, 1.54) is 32.1 Å². The Balaban J connectivity index is 1.76. The molecule has 2 fully saturated rings. The monoisotopic (exact) mass is 258 g/mol. The van der Waals surface area contributed by atoms with Crippen LogP contribution in [0.15, 0.2) is 0 Å². The smallest absolute Gasteiger partial charge is 0.0837 e. The molecule has 0 radical (unpaired) electrons. The van der Waals surface area contributed by atoms with E-state index in [-0.39, 0.29) is 6.10 Å². The van der Waals surface area contributed by atoms with Crippen molar-refractivity contribution in [1.82, 2.24) is 0 Å². The first-order valence-corrected chi connectivity index (χ1v) is 7.31. The summed E-state index contributed by atoms with van der Waals surface area (Å²) in [5.74, 6) is 0.669. The largest absolute Gasteiger partial charge is 0.377 e. The second-order valence-electron chi connectivity index (χ2n) is 5.11. The lowest BCUT2D eigenvalue weighted by atomic mass is 9.85. The van der Waals surface area contributed by atoms with E-state index in [2.05, 4.69) is 0 Å². The van der Waals surface area contributed by atoms with E-state index in [4.69, 9.17) is 18.9 Å². The summed E-state index contributed by atoms with van der Waals surface area (Å²) in [4.78, 5) is 0. The maximum absolute atomic E-state index is 5.96. The van der Waals surface area contributed by atoms with Crippen molar-refractivity contribution in [2.45, 2.75) is 38.2 Å². The van der Waals surface area contributed by atoms with E-state index in [1.807, 2.05) is 0 Å². The van der Waals surface area contributed by atoms with Crippen molar-refractivity contribution in [3.8, 4) is 0 Å². The third-order valence-corrected chi connectivity index (χ3v) is 3.76. The number of hydrogen-bond donors (Lipinski definition) is 0. The van der Waals surface area contributed by atoms with Crippen molar-refractivity contribution in [2.75, 3.05) is 46.2 Å². The van der Waals surface area contributed by atoms with Crippen LogP contribution in [0.5, 0.6) is 0 Å². The van der Waals surface area contributed by atoms with Gasteiger partial charge in [0.05, 0.1) is 52.4 Å². The topological polar surface area (TPSA) is 36.9 Å². The second kappa shape index (κ2) is 8.86. The average molecular weight is 258 g/mol. The Morgan fingerprint density at radius 3 is 1.94 bits per heavy atom. The van der Waals surface area contributed by atoms with Crippen molar-refractivity contribution in [3.63, 3.8) is 0 Å². The van der Waals surface area contributed by atoms with Crippen molar-refractivity contribution in [1.29, 1.82) is 0 Å². The van der Waals surface area contributed by atoms with Crippen molar-refractivity contribution < 1.29 is 18.9 Å². The fourth-order valence-electron chi connectivity index (χ4n) is 2.72. The van der Waals surface area contributed by atoms with E-state index in [1.54, 1.807) is 0 Å². The van der Waals surface area contributed by atoms with Crippen molar-refractivity contribution in [3.05, 3.63) is 0 Å². The zero-order valence-electron chi connectivity index (χ0n) is 11.3. The molecule has 106 valence electrons. The van der Waals surface area contributed by atoms with E-state index >= 15 is 0 Å². The summed E-state index contributed by atoms with van der Waals surface area (Å²) >= 11 is 0. The molecule has 0 N–H and O–H groups in total. The second-order valence-corrected chi connectivity index (χ2v) is 5.11. The minimum atomic E-state index is 0.244. The number of hydrogen-bond acceptors (Lipinski definition) is 4. The van der Waals surface area contributed by atoms with E-state index < -0.39 is 0 Å². The molecule has 4 nitrogen and oxygen atoms in total. The van der Waals surface area contributed by atoms with E-state index in [0.29, 0.717) is 52.2 Å². The predicted octanol–water partition coefficient (Wildman–Crippen LogP) is 2.02. The van der Waals surface area contributed by atoms with Gasteiger partial charge in [0.25, 0.3) is 0 Å². The van der Waals surface area contributed by atoms with Gasteiger partial charge in [-0.05, 0) is 18.8 Å². The molecular weight excluding hydrogens is 232 g/mol. The first-order chi connectivity index (χ1) is 8.97. The molecule has 18 heavy (non-hydrogen) atoms. The molecule has 1 heterocycles. The highest BCUT2D eigenvalue weighted by Gasteiger charge is 2.24. The standard InChI is InChI=1S/C14H26O4/c1-2-4-13(5-3-1)14-12-17-9-8-15-6-7-16-10-11-18-14/h13-14H,1-12H2. The summed E-state index contributed by atoms with van der Waals surface area (Å²) in [6.07, 6.45) is 6.86. The third kappa shape index (κ3) is 5.22. The van der Waals surface area contributed by atoms with Crippen LogP contribution in [0.3, 0.4) is 0 Å².